The third-order valence-corrected chi connectivity index (χ3v) is 34.5. The van der Waals surface area contributed by atoms with E-state index < -0.39 is 0 Å². The number of nitrogens with one attached hydrogen (secondary N) is 4. The van der Waals surface area contributed by atoms with Crippen LogP contribution in [0.5, 0.6) is 0 Å². The number of benzene rings is 5. The molecule has 23 nitrogen and oxygen atoms in total. The van der Waals surface area contributed by atoms with Gasteiger partial charge in [-0.05, 0) is 0 Å². The molecular formula is C95H87Cl10N17O6Se5. The summed E-state index contributed by atoms with van der Waals surface area (Å²) in [5.74, 6) is -0.692. The van der Waals surface area contributed by atoms with E-state index in [1.165, 1.54) is 49.4 Å². The van der Waals surface area contributed by atoms with E-state index in [-0.39, 0.29) is 114 Å². The van der Waals surface area contributed by atoms with E-state index in [2.05, 4.69) is 95.9 Å². The van der Waals surface area contributed by atoms with Crippen molar-refractivity contribution in [3.8, 4) is 79.1 Å². The van der Waals surface area contributed by atoms with E-state index in [1.54, 1.807) is 96.2 Å². The van der Waals surface area contributed by atoms with E-state index in [4.69, 9.17) is 121 Å². The molecule has 5 fully saturated rings. The van der Waals surface area contributed by atoms with Crippen LogP contribution in [0.3, 0.4) is 0 Å². The van der Waals surface area contributed by atoms with E-state index in [0.717, 1.165) is 141 Å². The van der Waals surface area contributed by atoms with Gasteiger partial charge >= 0.3 is 857 Å². The minimum atomic E-state index is -0.249. The molecule has 5 amide bonds. The molecule has 15 aromatic rings. The van der Waals surface area contributed by atoms with Gasteiger partial charge in [0.15, 0.2) is 0 Å². The molecule has 5 aliphatic rings. The Morgan fingerprint density at radius 3 is 0.835 bits per heavy atom. The molecule has 688 valence electrons. The quantitative estimate of drug-likeness (QED) is 0.0551. The third kappa shape index (κ3) is 25.2. The average molecular weight is 2310 g/mol. The Hall–Kier alpha value is -7.72. The van der Waals surface area contributed by atoms with Gasteiger partial charge < -0.3 is 0 Å². The maximum atomic E-state index is 12.9. The van der Waals surface area contributed by atoms with Crippen LogP contribution in [0.25, 0.3) is 79.1 Å². The number of aromatic nitrogens is 10. The summed E-state index contributed by atoms with van der Waals surface area (Å²) < 4.78 is 19.8. The van der Waals surface area contributed by atoms with Crippen LogP contribution < -0.4 is 21.5 Å². The molecule has 0 spiro atoms. The summed E-state index contributed by atoms with van der Waals surface area (Å²) in [4.78, 5) is 76.4. The molecule has 0 bridgehead atoms. The predicted molar refractivity (Wildman–Crippen MR) is 536 cm³/mol. The van der Waals surface area contributed by atoms with Crippen molar-refractivity contribution in [1.82, 2.24) is 85.3 Å². The number of morpholine rings is 1. The molecule has 13 heterocycles. The number of amides is 5. The van der Waals surface area contributed by atoms with Crippen molar-refractivity contribution in [2.24, 2.45) is 0 Å². The zero-order chi connectivity index (χ0) is 92.6. The fourth-order valence-corrected chi connectivity index (χ4v) is 25.9. The van der Waals surface area contributed by atoms with Gasteiger partial charge in [-0.1, -0.05) is 0 Å². The number of ether oxygens (including phenoxy) is 1. The minimum absolute atomic E-state index is 0.00570. The Kier molecular flexibility index (Phi) is 34.8. The van der Waals surface area contributed by atoms with Crippen LogP contribution in [-0.2, 0) is 4.74 Å². The number of carbonyl (C=O) groups is 5. The molecular weight excluding hydrogens is 2220 g/mol. The number of nitrogens with zero attached hydrogens (tertiary/aromatic N) is 13. The van der Waals surface area contributed by atoms with E-state index in [9.17, 15) is 24.0 Å². The zero-order valence-electron chi connectivity index (χ0n) is 71.2. The van der Waals surface area contributed by atoms with Gasteiger partial charge in [0.2, 0.25) is 0 Å². The summed E-state index contributed by atoms with van der Waals surface area (Å²) >= 11 is 63.2. The first-order valence-corrected chi connectivity index (χ1v) is 56.2. The number of hydrogen-bond acceptors (Lipinski definition) is 13. The molecule has 4 N–H and O–H groups in total. The SMILES string of the molecule is O=C(NC1CCCC1)c1cc(-c2ccc[se]2)n(-c2ccc(Cl)cc2Cl)n1.O=C(NC1CCCCC1)c1cc(-c2ccc[se]2)n(-c2ccc(Cl)cc2Cl)n1.O=C(NN1CCCCC1)c1cc(-c2ccc[se]2)n(-c2ccc(Cl)cc2Cl)n1.O=C(NN1CCOCC1)c1cc(-c2ccc[se]2)n(-c2ccc(Cl)cc2Cl)n1.O=C(c1cc(-c2ccc[se]2)n(-c2ccc(Cl)cc2Cl)n1)N1CCCCC1. The van der Waals surface area contributed by atoms with Gasteiger partial charge in [-0.15, -0.1) is 0 Å². The molecule has 38 heteroatoms. The summed E-state index contributed by atoms with van der Waals surface area (Å²) in [5, 5.41) is 38.3. The van der Waals surface area contributed by atoms with Crippen molar-refractivity contribution in [2.45, 2.75) is 108 Å². The second-order valence-electron chi connectivity index (χ2n) is 31.6. The molecule has 3 aliphatic heterocycles. The van der Waals surface area contributed by atoms with Crippen molar-refractivity contribution >= 4 is 218 Å². The first kappa shape index (κ1) is 98.3. The van der Waals surface area contributed by atoms with Crippen LogP contribution in [0.4, 0.5) is 0 Å². The van der Waals surface area contributed by atoms with Gasteiger partial charge in [-0.25, -0.2) is 0 Å². The Morgan fingerprint density at radius 1 is 0.293 bits per heavy atom. The molecule has 0 radical (unpaired) electrons. The average Bonchev–Trinajstić information content (AvgIpc) is 1.66. The molecule has 0 atom stereocenters. The van der Waals surface area contributed by atoms with Gasteiger partial charge in [-0.2, -0.15) is 0 Å². The molecule has 133 heavy (non-hydrogen) atoms. The van der Waals surface area contributed by atoms with E-state index in [1.807, 2.05) is 99.8 Å². The monoisotopic (exact) mass is 2310 g/mol. The van der Waals surface area contributed by atoms with Crippen LogP contribution in [0, 0.1) is 0 Å². The van der Waals surface area contributed by atoms with Crippen molar-refractivity contribution < 1.29 is 28.7 Å². The van der Waals surface area contributed by atoms with Crippen LogP contribution in [0.1, 0.15) is 149 Å². The number of piperidine rings is 2. The third-order valence-electron chi connectivity index (χ3n) is 22.4. The van der Waals surface area contributed by atoms with Gasteiger partial charge in [0.05, 0.1) is 0 Å². The molecule has 5 aromatic carbocycles. The number of hydrazine groups is 2. The summed E-state index contributed by atoms with van der Waals surface area (Å²) in [6.07, 6.45) is 16.8. The Morgan fingerprint density at radius 2 is 0.549 bits per heavy atom. The number of halogens is 10. The number of rotatable bonds is 19. The van der Waals surface area contributed by atoms with Gasteiger partial charge in [0.25, 0.3) is 0 Å². The summed E-state index contributed by atoms with van der Waals surface area (Å²) in [5.41, 5.74) is 15.9. The molecule has 2 saturated carbocycles. The molecule has 0 unspecified atom stereocenters. The summed E-state index contributed by atoms with van der Waals surface area (Å²) in [6.45, 7) is 5.86. The van der Waals surface area contributed by atoms with E-state index >= 15 is 0 Å². The topological polar surface area (TPSA) is 242 Å². The summed E-state index contributed by atoms with van der Waals surface area (Å²) in [7, 11) is 0. The maximum absolute atomic E-state index is 12.9. The number of likely N-dealkylation sites (tertiary alicyclic amines) is 1. The molecule has 10 aromatic heterocycles. The first-order valence-electron chi connectivity index (χ1n) is 43.2. The molecule has 20 rings (SSSR count). The van der Waals surface area contributed by atoms with Crippen LogP contribution in [0.15, 0.2) is 207 Å². The summed E-state index contributed by atoms with van der Waals surface area (Å²) in [6, 6.07) is 56.7. The number of carbonyl (C=O) groups excluding carboxylic acids is 5. The van der Waals surface area contributed by atoms with Crippen LogP contribution in [-0.4, -0.2) is 230 Å². The molecule has 3 saturated heterocycles. The van der Waals surface area contributed by atoms with Crippen LogP contribution >= 0.6 is 116 Å². The Bertz CT molecular complexity index is 6140. The normalized spacial score (nSPS) is 14.9. The van der Waals surface area contributed by atoms with Crippen molar-refractivity contribution in [1.29, 1.82) is 0 Å². The molecule has 2 aliphatic carbocycles. The van der Waals surface area contributed by atoms with Crippen molar-refractivity contribution in [3.05, 3.63) is 285 Å². The Labute approximate surface area is 848 Å². The van der Waals surface area contributed by atoms with Crippen molar-refractivity contribution in [3.63, 3.8) is 0 Å². The standard InChI is InChI=1S/C20H19Cl2N3OSe.C19H18Cl2N4OSe.2C19H17Cl2N3OSe.C18H16Cl2N4O2Se/c21-13-8-9-17(15(22)11-13)25-18(19-7-4-10-27-19)12-16(24-25)20(26)23-14-5-2-1-3-6-14;20-13-6-7-16(14(21)11-13)25-17(18-5-4-10-27-18)12-15(22-25)19(26)23-24-8-2-1-3-9-24;20-12-7-8-16(14(21)10-12)24-17(18-6-3-9-26-18)11-15(23-24)19(25)22-13-4-1-2-5-13;20-13-6-7-16(14(21)11-13)24-17(18-5-4-10-26-18)12-15(22-24)19(25)23-8-2-1-3-9-23;19-12-3-4-15(13(20)10-12)24-16(17-2-1-9-27-17)11-14(21-24)18(25)22-23-5-7-26-8-6-23/h4,7-12,14H,1-3,5-6H2,(H,23,26);4-7,10-12H,1-3,8-9H2,(H,23,26);3,6-11,13H,1-2,4-5H2,(H,22,25);4-7,10-12H,1-3,8-9H2;1-4,9-11H,5-8H2,(H,22,25). The van der Waals surface area contributed by atoms with Gasteiger partial charge in [0, 0.05) is 0 Å². The van der Waals surface area contributed by atoms with E-state index in [0.29, 0.717) is 116 Å². The fourth-order valence-electron chi connectivity index (χ4n) is 15.8. The fraction of sp³-hybridized carbons (Fsp3) is 0.263. The van der Waals surface area contributed by atoms with Gasteiger partial charge in [0.1, 0.15) is 0 Å². The number of hydrogen-bond donors (Lipinski definition) is 4. The first-order chi connectivity index (χ1) is 64.6. The zero-order valence-corrected chi connectivity index (χ0v) is 87.3. The Balaban J connectivity index is 0.000000121. The second-order valence-corrected chi connectivity index (χ2v) is 45.8. The van der Waals surface area contributed by atoms with Crippen LogP contribution in [0.2, 0.25) is 50.2 Å². The van der Waals surface area contributed by atoms with Gasteiger partial charge in [-0.3, -0.25) is 0 Å². The predicted octanol–water partition coefficient (Wildman–Crippen LogP) is 21.0. The van der Waals surface area contributed by atoms with Crippen molar-refractivity contribution in [2.75, 3.05) is 52.5 Å². The second kappa shape index (κ2) is 47.1.